The average Bonchev–Trinajstić information content (AvgIpc) is 2.91. The van der Waals surface area contributed by atoms with Crippen molar-refractivity contribution in [2.24, 2.45) is 0 Å². The van der Waals surface area contributed by atoms with Crippen LogP contribution in [0.5, 0.6) is 0 Å². The van der Waals surface area contributed by atoms with Gasteiger partial charge in [0.2, 0.25) is 11.8 Å². The topological polar surface area (TPSA) is 86.8 Å². The largest absolute Gasteiger partial charge is 0.357 e. The summed E-state index contributed by atoms with van der Waals surface area (Å²) >= 11 is 1.51. The fourth-order valence-electron chi connectivity index (χ4n) is 3.80. The fraction of sp³-hybridized carbons (Fsp3) is 0.286. The molecule has 0 bridgehead atoms. The van der Waals surface area contributed by atoms with Crippen LogP contribution in [-0.2, 0) is 26.2 Å². The Bertz CT molecular complexity index is 1320. The van der Waals surface area contributed by atoms with Gasteiger partial charge in [-0.05, 0) is 69.0 Å². The van der Waals surface area contributed by atoms with Crippen LogP contribution in [0.1, 0.15) is 23.6 Å². The van der Waals surface area contributed by atoms with Crippen LogP contribution in [0.2, 0.25) is 0 Å². The van der Waals surface area contributed by atoms with Gasteiger partial charge in [0.25, 0.3) is 10.0 Å². The first-order valence-corrected chi connectivity index (χ1v) is 14.5. The molecule has 0 aromatic heterocycles. The zero-order valence-electron chi connectivity index (χ0n) is 21.8. The number of sulfonamides is 1. The molecule has 3 aromatic rings. The second kappa shape index (κ2) is 12.3. The van der Waals surface area contributed by atoms with Crippen LogP contribution in [0.4, 0.5) is 5.69 Å². The number of nitrogens with one attached hydrogen (secondary N) is 1. The van der Waals surface area contributed by atoms with Crippen LogP contribution >= 0.6 is 11.8 Å². The highest BCUT2D eigenvalue weighted by Gasteiger charge is 2.32. The van der Waals surface area contributed by atoms with Gasteiger partial charge in [-0.15, -0.1) is 11.8 Å². The van der Waals surface area contributed by atoms with Gasteiger partial charge in [0.05, 0.1) is 10.6 Å². The van der Waals surface area contributed by atoms with Crippen molar-refractivity contribution in [1.29, 1.82) is 0 Å². The first kappa shape index (κ1) is 28.3. The van der Waals surface area contributed by atoms with E-state index in [2.05, 4.69) is 5.32 Å². The Morgan fingerprint density at radius 2 is 1.43 bits per heavy atom. The maximum atomic E-state index is 13.8. The number of aryl methyl sites for hydroxylation is 2. The summed E-state index contributed by atoms with van der Waals surface area (Å²) in [5.74, 6) is -0.820. The molecule has 1 N–H and O–H groups in total. The minimum Gasteiger partial charge on any atom is -0.357 e. The Kier molecular flexibility index (Phi) is 9.39. The van der Waals surface area contributed by atoms with E-state index in [1.165, 1.54) is 23.7 Å². The number of nitrogens with zero attached hydrogens (tertiary/aromatic N) is 2. The van der Waals surface area contributed by atoms with Gasteiger partial charge in [-0.3, -0.25) is 13.9 Å². The summed E-state index contributed by atoms with van der Waals surface area (Å²) in [5.41, 5.74) is 3.25. The lowest BCUT2D eigenvalue weighted by atomic mass is 10.1. The first-order valence-electron chi connectivity index (χ1n) is 11.9. The molecule has 0 aliphatic carbocycles. The maximum absolute atomic E-state index is 13.8. The molecule has 196 valence electrons. The summed E-state index contributed by atoms with van der Waals surface area (Å²) in [6.07, 6.45) is 1.91. The minimum atomic E-state index is -4.07. The zero-order chi connectivity index (χ0) is 27.2. The molecule has 0 spiro atoms. The minimum absolute atomic E-state index is 0.0862. The smallest absolute Gasteiger partial charge is 0.264 e. The first-order chi connectivity index (χ1) is 17.6. The molecular formula is C28H33N3O4S2. The molecule has 0 saturated carbocycles. The predicted molar refractivity (Wildman–Crippen MR) is 149 cm³/mol. The van der Waals surface area contributed by atoms with Crippen LogP contribution in [0.25, 0.3) is 0 Å². The molecule has 3 aromatic carbocycles. The second-order valence-corrected chi connectivity index (χ2v) is 11.6. The third kappa shape index (κ3) is 6.93. The van der Waals surface area contributed by atoms with Crippen molar-refractivity contribution in [3.05, 3.63) is 89.5 Å². The molecule has 37 heavy (non-hydrogen) atoms. The van der Waals surface area contributed by atoms with E-state index in [0.29, 0.717) is 5.69 Å². The number of benzene rings is 3. The average molecular weight is 540 g/mol. The molecule has 0 aliphatic heterocycles. The summed E-state index contributed by atoms with van der Waals surface area (Å²) in [6, 6.07) is 20.4. The van der Waals surface area contributed by atoms with Crippen LogP contribution in [0.3, 0.4) is 0 Å². The van der Waals surface area contributed by atoms with Gasteiger partial charge in [0, 0.05) is 18.5 Å². The second-order valence-electron chi connectivity index (χ2n) is 8.82. The number of hydrogen-bond donors (Lipinski definition) is 1. The highest BCUT2D eigenvalue weighted by molar-refractivity contribution is 7.98. The third-order valence-corrected chi connectivity index (χ3v) is 8.67. The lowest BCUT2D eigenvalue weighted by Crippen LogP contribution is -2.50. The molecule has 3 rings (SSSR count). The van der Waals surface area contributed by atoms with E-state index >= 15 is 0 Å². The van der Waals surface area contributed by atoms with Gasteiger partial charge in [-0.1, -0.05) is 47.5 Å². The number of rotatable bonds is 10. The summed E-state index contributed by atoms with van der Waals surface area (Å²) in [4.78, 5) is 28.7. The Balaban J connectivity index is 2.01. The fourth-order valence-corrected chi connectivity index (χ4v) is 5.62. The molecular weight excluding hydrogens is 506 g/mol. The number of likely N-dealkylation sites (N-methyl/N-ethyl adjacent to an activating group) is 1. The van der Waals surface area contributed by atoms with E-state index < -0.39 is 28.5 Å². The van der Waals surface area contributed by atoms with Crippen molar-refractivity contribution < 1.29 is 18.0 Å². The van der Waals surface area contributed by atoms with Crippen LogP contribution < -0.4 is 9.62 Å². The maximum Gasteiger partial charge on any atom is 0.264 e. The molecule has 9 heteroatoms. The van der Waals surface area contributed by atoms with E-state index in [4.69, 9.17) is 0 Å². The standard InChI is InChI=1S/C28H33N3O4S2/c1-20-6-10-23(11-7-20)18-30(22(3)28(33)29-4)27(32)19-31(24-12-8-21(2)9-13-24)37(34,35)26-16-14-25(36-5)15-17-26/h6-17,22H,18-19H2,1-5H3,(H,29,33). The lowest BCUT2D eigenvalue weighted by Gasteiger charge is -2.31. The Morgan fingerprint density at radius 3 is 1.95 bits per heavy atom. The van der Waals surface area contributed by atoms with E-state index in [9.17, 15) is 18.0 Å². The quantitative estimate of drug-likeness (QED) is 0.387. The zero-order valence-corrected chi connectivity index (χ0v) is 23.4. The highest BCUT2D eigenvalue weighted by Crippen LogP contribution is 2.26. The normalized spacial score (nSPS) is 12.0. The van der Waals surface area contributed by atoms with Crippen molar-refractivity contribution >= 4 is 39.3 Å². The SMILES string of the molecule is CNC(=O)C(C)N(Cc1ccc(C)cc1)C(=O)CN(c1ccc(C)cc1)S(=O)(=O)c1ccc(SC)cc1. The summed E-state index contributed by atoms with van der Waals surface area (Å²) < 4.78 is 28.7. The van der Waals surface area contributed by atoms with Crippen molar-refractivity contribution in [2.75, 3.05) is 24.2 Å². The summed E-state index contributed by atoms with van der Waals surface area (Å²) in [5, 5.41) is 2.59. The number of hydrogen-bond acceptors (Lipinski definition) is 5. The number of amides is 2. The Hall–Kier alpha value is -3.30. The molecule has 7 nitrogen and oxygen atoms in total. The van der Waals surface area contributed by atoms with Gasteiger partial charge in [0.15, 0.2) is 0 Å². The van der Waals surface area contributed by atoms with E-state index in [-0.39, 0.29) is 17.3 Å². The van der Waals surface area contributed by atoms with Gasteiger partial charge < -0.3 is 10.2 Å². The lowest BCUT2D eigenvalue weighted by molar-refractivity contribution is -0.139. The molecule has 0 saturated heterocycles. The van der Waals surface area contributed by atoms with E-state index in [0.717, 1.165) is 25.9 Å². The summed E-state index contributed by atoms with van der Waals surface area (Å²) in [6.45, 7) is 5.22. The monoisotopic (exact) mass is 539 g/mol. The van der Waals surface area contributed by atoms with Crippen LogP contribution in [-0.4, -0.2) is 51.0 Å². The Labute approximate surface area is 223 Å². The van der Waals surface area contributed by atoms with Crippen molar-refractivity contribution in [1.82, 2.24) is 10.2 Å². The van der Waals surface area contributed by atoms with Gasteiger partial charge in [-0.25, -0.2) is 8.42 Å². The summed E-state index contributed by atoms with van der Waals surface area (Å²) in [7, 11) is -2.57. The number of thioether (sulfide) groups is 1. The number of carbonyl (C=O) groups excluding carboxylic acids is 2. The molecule has 0 heterocycles. The molecule has 1 atom stereocenters. The van der Waals surface area contributed by atoms with Gasteiger partial charge in [-0.2, -0.15) is 0 Å². The highest BCUT2D eigenvalue weighted by atomic mass is 32.2. The van der Waals surface area contributed by atoms with Gasteiger partial charge >= 0.3 is 0 Å². The van der Waals surface area contributed by atoms with E-state index in [1.807, 2.05) is 44.4 Å². The molecule has 0 radical (unpaired) electrons. The van der Waals surface area contributed by atoms with Gasteiger partial charge in [0.1, 0.15) is 12.6 Å². The van der Waals surface area contributed by atoms with Crippen LogP contribution in [0.15, 0.2) is 82.6 Å². The molecule has 0 fully saturated rings. The van der Waals surface area contributed by atoms with Crippen molar-refractivity contribution in [3.63, 3.8) is 0 Å². The van der Waals surface area contributed by atoms with Crippen molar-refractivity contribution in [3.8, 4) is 0 Å². The van der Waals surface area contributed by atoms with Crippen LogP contribution in [0, 0.1) is 13.8 Å². The molecule has 0 aliphatic rings. The molecule has 1 unspecified atom stereocenters. The number of carbonyl (C=O) groups is 2. The molecule has 2 amide bonds. The Morgan fingerprint density at radius 1 is 0.892 bits per heavy atom. The van der Waals surface area contributed by atoms with Crippen molar-refractivity contribution in [2.45, 2.75) is 43.1 Å². The predicted octanol–water partition coefficient (Wildman–Crippen LogP) is 4.38. The number of anilines is 1. The third-order valence-electron chi connectivity index (χ3n) is 6.14. The van der Waals surface area contributed by atoms with E-state index in [1.54, 1.807) is 55.5 Å².